The summed E-state index contributed by atoms with van der Waals surface area (Å²) in [5.41, 5.74) is 2.73. The number of pyridine rings is 1. The fourth-order valence-electron chi connectivity index (χ4n) is 2.53. The average Bonchev–Trinajstić information content (AvgIpc) is 2.66. The number of benzene rings is 2. The summed E-state index contributed by atoms with van der Waals surface area (Å²) in [6.45, 7) is 3.67. The van der Waals surface area contributed by atoms with Gasteiger partial charge in [0.05, 0.1) is 9.92 Å². The van der Waals surface area contributed by atoms with E-state index in [2.05, 4.69) is 15.0 Å². The topological polar surface area (TPSA) is 91.5 Å². The molecule has 0 atom stereocenters. The zero-order chi connectivity index (χ0) is 20.3. The summed E-state index contributed by atoms with van der Waals surface area (Å²) in [4.78, 5) is 15.1. The summed E-state index contributed by atoms with van der Waals surface area (Å²) in [7, 11) is -4.11. The second kappa shape index (κ2) is 8.00. The number of nitrogens with zero attached hydrogens (tertiary/aromatic N) is 1. The van der Waals surface area contributed by atoms with Crippen LogP contribution >= 0.6 is 11.6 Å². The van der Waals surface area contributed by atoms with Crippen LogP contribution in [0.15, 0.2) is 65.8 Å². The number of amides is 1. The minimum absolute atomic E-state index is 0.00125. The SMILES string of the molecule is Cc1cccc([N-]S(=O)(=O)c2cc(C(=O)Nc3ccc[nH+]c3)ccc2Cl)c1C. The van der Waals surface area contributed by atoms with E-state index in [1.54, 1.807) is 43.6 Å². The molecular weight excluding hydrogens is 398 g/mol. The molecule has 0 radical (unpaired) electrons. The molecule has 1 amide bonds. The molecule has 0 aliphatic carbocycles. The van der Waals surface area contributed by atoms with Gasteiger partial charge in [0, 0.05) is 11.6 Å². The lowest BCUT2D eigenvalue weighted by molar-refractivity contribution is -0.377. The van der Waals surface area contributed by atoms with E-state index in [-0.39, 0.29) is 15.5 Å². The van der Waals surface area contributed by atoms with Crippen molar-refractivity contribution in [3.63, 3.8) is 0 Å². The maximum atomic E-state index is 12.8. The first-order valence-electron chi connectivity index (χ1n) is 8.39. The third-order valence-electron chi connectivity index (χ3n) is 4.23. The van der Waals surface area contributed by atoms with Crippen LogP contribution in [-0.4, -0.2) is 14.3 Å². The molecule has 1 aromatic heterocycles. The van der Waals surface area contributed by atoms with Crippen molar-refractivity contribution in [1.29, 1.82) is 0 Å². The van der Waals surface area contributed by atoms with Crippen molar-refractivity contribution in [2.45, 2.75) is 18.7 Å². The highest BCUT2D eigenvalue weighted by Gasteiger charge is 2.15. The predicted octanol–water partition coefficient (Wildman–Crippen LogP) is 4.42. The first-order valence-corrected chi connectivity index (χ1v) is 10.2. The Morgan fingerprint density at radius 1 is 1.11 bits per heavy atom. The minimum Gasteiger partial charge on any atom is -0.572 e. The molecule has 0 aliphatic rings. The molecule has 1 heterocycles. The highest BCUT2D eigenvalue weighted by molar-refractivity contribution is 7.94. The maximum Gasteiger partial charge on any atom is 0.255 e. The number of nitrogens with one attached hydrogen (secondary N) is 2. The monoisotopic (exact) mass is 415 g/mol. The molecule has 0 fully saturated rings. The van der Waals surface area contributed by atoms with Gasteiger partial charge < -0.3 is 10.0 Å². The van der Waals surface area contributed by atoms with Crippen LogP contribution in [0, 0.1) is 13.8 Å². The first-order chi connectivity index (χ1) is 13.3. The fourth-order valence-corrected chi connectivity index (χ4v) is 4.09. The van der Waals surface area contributed by atoms with Crippen LogP contribution in [0.5, 0.6) is 0 Å². The van der Waals surface area contributed by atoms with Crippen LogP contribution < -0.4 is 10.3 Å². The van der Waals surface area contributed by atoms with Gasteiger partial charge in [-0.15, -0.1) is 5.69 Å². The van der Waals surface area contributed by atoms with Gasteiger partial charge in [0.2, 0.25) is 0 Å². The van der Waals surface area contributed by atoms with Crippen molar-refractivity contribution in [3.05, 3.63) is 87.4 Å². The third kappa shape index (κ3) is 4.32. The first kappa shape index (κ1) is 19.9. The molecule has 2 N–H and O–H groups in total. The molecule has 0 saturated heterocycles. The Hall–Kier alpha value is -2.90. The molecule has 0 saturated carbocycles. The summed E-state index contributed by atoms with van der Waals surface area (Å²) in [5.74, 6) is -0.459. The van der Waals surface area contributed by atoms with E-state index >= 15 is 0 Å². The Labute approximate surface area is 168 Å². The Morgan fingerprint density at radius 2 is 1.89 bits per heavy atom. The van der Waals surface area contributed by atoms with Gasteiger partial charge in [-0.3, -0.25) is 4.79 Å². The van der Waals surface area contributed by atoms with Gasteiger partial charge in [-0.2, -0.15) is 0 Å². The number of aromatic amines is 1. The quantitative estimate of drug-likeness (QED) is 0.668. The van der Waals surface area contributed by atoms with Crippen molar-refractivity contribution in [1.82, 2.24) is 0 Å². The van der Waals surface area contributed by atoms with Crippen LogP contribution in [0.1, 0.15) is 21.5 Å². The molecule has 0 unspecified atom stereocenters. The van der Waals surface area contributed by atoms with E-state index in [1.807, 2.05) is 13.0 Å². The Morgan fingerprint density at radius 3 is 2.61 bits per heavy atom. The number of carbonyl (C=O) groups excluding carboxylic acids is 1. The number of rotatable bonds is 5. The van der Waals surface area contributed by atoms with E-state index in [0.717, 1.165) is 11.1 Å². The summed E-state index contributed by atoms with van der Waals surface area (Å²) < 4.78 is 29.6. The van der Waals surface area contributed by atoms with Gasteiger partial charge in [-0.1, -0.05) is 35.4 Å². The van der Waals surface area contributed by atoms with Crippen LogP contribution in [0.3, 0.4) is 0 Å². The van der Waals surface area contributed by atoms with Gasteiger partial charge in [0.15, 0.2) is 12.4 Å². The molecule has 0 aliphatic heterocycles. The van der Waals surface area contributed by atoms with Crippen molar-refractivity contribution < 1.29 is 18.2 Å². The maximum absolute atomic E-state index is 12.8. The predicted molar refractivity (Wildman–Crippen MR) is 109 cm³/mol. The lowest BCUT2D eigenvalue weighted by Crippen LogP contribution is -2.14. The summed E-state index contributed by atoms with van der Waals surface area (Å²) in [5, 5.41) is 2.68. The molecule has 28 heavy (non-hydrogen) atoms. The zero-order valence-electron chi connectivity index (χ0n) is 15.2. The van der Waals surface area contributed by atoms with Crippen molar-refractivity contribution in [2.24, 2.45) is 0 Å². The summed E-state index contributed by atoms with van der Waals surface area (Å²) >= 11 is 6.11. The van der Waals surface area contributed by atoms with E-state index in [0.29, 0.717) is 11.4 Å². The molecule has 8 heteroatoms. The summed E-state index contributed by atoms with van der Waals surface area (Å²) in [6, 6.07) is 12.7. The van der Waals surface area contributed by atoms with Crippen molar-refractivity contribution in [2.75, 3.05) is 5.32 Å². The minimum atomic E-state index is -4.11. The van der Waals surface area contributed by atoms with Gasteiger partial charge in [0.1, 0.15) is 15.7 Å². The standard InChI is InChI=1S/C20H17ClN3O3S/c1-13-5-3-7-18(14(13)2)24-28(26,27)19-11-15(8-9-17(19)21)20(25)23-16-6-4-10-22-12-16/h3-12H,1-2H3,(H,23,25)/q-1/p+1. The lowest BCUT2D eigenvalue weighted by Gasteiger charge is -2.25. The number of anilines is 1. The van der Waals surface area contributed by atoms with Crippen molar-refractivity contribution >= 4 is 38.9 Å². The number of hydrogen-bond donors (Lipinski definition) is 1. The fraction of sp³-hybridized carbons (Fsp3) is 0.100. The second-order valence-corrected chi connectivity index (χ2v) is 8.16. The van der Waals surface area contributed by atoms with Crippen molar-refractivity contribution in [3.8, 4) is 0 Å². The van der Waals surface area contributed by atoms with Crippen LogP contribution in [0.4, 0.5) is 11.4 Å². The Bertz CT molecular complexity index is 1130. The van der Waals surface area contributed by atoms with Crippen LogP contribution in [0.25, 0.3) is 4.72 Å². The molecule has 144 valence electrons. The van der Waals surface area contributed by atoms with E-state index < -0.39 is 15.9 Å². The molecule has 2 aromatic carbocycles. The highest BCUT2D eigenvalue weighted by Crippen LogP contribution is 2.35. The number of aromatic nitrogens is 1. The van der Waals surface area contributed by atoms with E-state index in [4.69, 9.17) is 11.6 Å². The third-order valence-corrected chi connectivity index (χ3v) is 6.00. The van der Waals surface area contributed by atoms with E-state index in [9.17, 15) is 13.2 Å². The molecule has 0 spiro atoms. The number of halogens is 1. The number of aryl methyl sites for hydroxylation is 1. The van der Waals surface area contributed by atoms with E-state index in [1.165, 1.54) is 18.2 Å². The van der Waals surface area contributed by atoms with Gasteiger partial charge in [-0.05, 0) is 43.7 Å². The Balaban J connectivity index is 1.92. The van der Waals surface area contributed by atoms with Gasteiger partial charge in [-0.25, -0.2) is 13.4 Å². The number of carbonyl (C=O) groups is 1. The Kier molecular flexibility index (Phi) is 5.67. The number of sulfonamides is 1. The smallest absolute Gasteiger partial charge is 0.255 e. The number of hydrogen-bond acceptors (Lipinski definition) is 3. The zero-order valence-corrected chi connectivity index (χ0v) is 16.8. The van der Waals surface area contributed by atoms with Gasteiger partial charge >= 0.3 is 0 Å². The molecule has 3 rings (SSSR count). The lowest BCUT2D eigenvalue weighted by atomic mass is 10.1. The largest absolute Gasteiger partial charge is 0.572 e. The normalized spacial score (nSPS) is 11.1. The molecular formula is C20H18ClN3O3S. The highest BCUT2D eigenvalue weighted by atomic mass is 35.5. The molecule has 6 nitrogen and oxygen atoms in total. The van der Waals surface area contributed by atoms with Crippen LogP contribution in [0.2, 0.25) is 5.02 Å². The second-order valence-electron chi connectivity index (χ2n) is 6.18. The average molecular weight is 416 g/mol. The van der Waals surface area contributed by atoms with Crippen LogP contribution in [-0.2, 0) is 10.0 Å². The molecule has 3 aromatic rings. The number of H-pyrrole nitrogens is 1. The summed E-state index contributed by atoms with van der Waals surface area (Å²) in [6.07, 6.45) is 3.32. The van der Waals surface area contributed by atoms with Gasteiger partial charge in [0.25, 0.3) is 5.91 Å². The molecule has 0 bridgehead atoms.